The second-order valence-corrected chi connectivity index (χ2v) is 4.83. The average molecular weight is 248 g/mol. The Morgan fingerprint density at radius 2 is 2.22 bits per heavy atom. The maximum Gasteiger partial charge on any atom is 0.241 e. The third-order valence-electron chi connectivity index (χ3n) is 3.29. The molecule has 0 radical (unpaired) electrons. The van der Waals surface area contributed by atoms with Crippen molar-refractivity contribution in [2.75, 3.05) is 31.6 Å². The van der Waals surface area contributed by atoms with Crippen molar-refractivity contribution >= 4 is 11.7 Å². The molecule has 1 unspecified atom stereocenters. The van der Waals surface area contributed by atoms with Gasteiger partial charge in [0.25, 0.3) is 0 Å². The van der Waals surface area contributed by atoms with Crippen LogP contribution < -0.4 is 10.6 Å². The Kier molecular flexibility index (Phi) is 3.81. The first-order valence-electron chi connectivity index (χ1n) is 6.28. The highest BCUT2D eigenvalue weighted by molar-refractivity contribution is 5.81. The number of likely N-dealkylation sites (N-methyl/N-ethyl adjacent to an activating group) is 1. The molecule has 5 nitrogen and oxygen atoms in total. The predicted molar refractivity (Wildman–Crippen MR) is 71.3 cm³/mol. The number of hydrogen-bond donors (Lipinski definition) is 1. The maximum absolute atomic E-state index is 11.8. The summed E-state index contributed by atoms with van der Waals surface area (Å²) in [6.07, 6.45) is 2.72. The Bertz CT molecular complexity index is 433. The lowest BCUT2D eigenvalue weighted by molar-refractivity contribution is -0.127. The van der Waals surface area contributed by atoms with Crippen LogP contribution in [0.4, 0.5) is 5.82 Å². The molecule has 1 amide bonds. The minimum atomic E-state index is -0.0166. The van der Waals surface area contributed by atoms with E-state index in [1.807, 2.05) is 31.0 Å². The largest absolute Gasteiger partial charge is 0.347 e. The van der Waals surface area contributed by atoms with Crippen molar-refractivity contribution in [2.24, 2.45) is 5.73 Å². The van der Waals surface area contributed by atoms with Gasteiger partial charge in [-0.2, -0.15) is 0 Å². The summed E-state index contributed by atoms with van der Waals surface area (Å²) in [5, 5.41) is 0. The van der Waals surface area contributed by atoms with Crippen LogP contribution in [0.2, 0.25) is 0 Å². The Labute approximate surface area is 108 Å². The zero-order valence-electron chi connectivity index (χ0n) is 11.0. The predicted octanol–water partition coefficient (Wildman–Crippen LogP) is 0.770. The molecule has 0 aliphatic carbocycles. The van der Waals surface area contributed by atoms with Gasteiger partial charge in [0.15, 0.2) is 0 Å². The van der Waals surface area contributed by atoms with Gasteiger partial charge in [0, 0.05) is 32.4 Å². The third-order valence-corrected chi connectivity index (χ3v) is 3.29. The van der Waals surface area contributed by atoms with E-state index < -0.39 is 0 Å². The van der Waals surface area contributed by atoms with Gasteiger partial charge in [-0.05, 0) is 31.0 Å². The molecule has 1 fully saturated rings. The Balaban J connectivity index is 2.20. The lowest BCUT2D eigenvalue weighted by Crippen LogP contribution is -2.34. The van der Waals surface area contributed by atoms with Gasteiger partial charge in [-0.15, -0.1) is 0 Å². The van der Waals surface area contributed by atoms with Crippen LogP contribution in [0.15, 0.2) is 18.3 Å². The van der Waals surface area contributed by atoms with E-state index in [1.165, 1.54) is 0 Å². The van der Waals surface area contributed by atoms with Crippen molar-refractivity contribution in [2.45, 2.75) is 19.4 Å². The van der Waals surface area contributed by atoms with Crippen LogP contribution >= 0.6 is 0 Å². The SMILES string of the molecule is CC(N)c1ccnc(N2CCCN(C)C(=O)C2)c1. The van der Waals surface area contributed by atoms with Crippen molar-refractivity contribution in [1.82, 2.24) is 9.88 Å². The molecular formula is C13H20N4O. The van der Waals surface area contributed by atoms with E-state index in [0.717, 1.165) is 30.9 Å². The fraction of sp³-hybridized carbons (Fsp3) is 0.538. The summed E-state index contributed by atoms with van der Waals surface area (Å²) in [6.45, 7) is 4.00. The van der Waals surface area contributed by atoms with Gasteiger partial charge in [0.05, 0.1) is 6.54 Å². The molecule has 2 rings (SSSR count). The van der Waals surface area contributed by atoms with E-state index >= 15 is 0 Å². The number of carbonyl (C=O) groups excluding carboxylic acids is 1. The molecule has 0 spiro atoms. The number of hydrogen-bond acceptors (Lipinski definition) is 4. The summed E-state index contributed by atoms with van der Waals surface area (Å²) in [5.74, 6) is 0.981. The third kappa shape index (κ3) is 2.79. The van der Waals surface area contributed by atoms with Crippen LogP contribution in [-0.2, 0) is 4.79 Å². The number of pyridine rings is 1. The summed E-state index contributed by atoms with van der Waals surface area (Å²) >= 11 is 0. The van der Waals surface area contributed by atoms with Gasteiger partial charge >= 0.3 is 0 Å². The monoisotopic (exact) mass is 248 g/mol. The Hall–Kier alpha value is -1.62. The standard InChI is InChI=1S/C13H20N4O/c1-10(14)11-4-5-15-12(8-11)17-7-3-6-16(2)13(18)9-17/h4-5,8,10H,3,6-7,9,14H2,1-2H3. The molecule has 1 saturated heterocycles. The van der Waals surface area contributed by atoms with Gasteiger partial charge in [-0.3, -0.25) is 4.79 Å². The smallest absolute Gasteiger partial charge is 0.241 e. The van der Waals surface area contributed by atoms with E-state index in [1.54, 1.807) is 11.1 Å². The topological polar surface area (TPSA) is 62.5 Å². The molecule has 2 N–H and O–H groups in total. The first-order valence-corrected chi connectivity index (χ1v) is 6.28. The first kappa shape index (κ1) is 12.8. The summed E-state index contributed by atoms with van der Waals surface area (Å²) in [4.78, 5) is 20.0. The highest BCUT2D eigenvalue weighted by Gasteiger charge is 2.20. The number of amides is 1. The fourth-order valence-corrected chi connectivity index (χ4v) is 2.07. The minimum Gasteiger partial charge on any atom is -0.347 e. The summed E-state index contributed by atoms with van der Waals surface area (Å²) in [7, 11) is 1.84. The van der Waals surface area contributed by atoms with Crippen LogP contribution in [0.3, 0.4) is 0 Å². The molecule has 5 heteroatoms. The molecule has 0 aromatic carbocycles. The zero-order valence-corrected chi connectivity index (χ0v) is 11.0. The highest BCUT2D eigenvalue weighted by Crippen LogP contribution is 2.18. The molecule has 1 aliphatic heterocycles. The molecule has 18 heavy (non-hydrogen) atoms. The van der Waals surface area contributed by atoms with Crippen molar-refractivity contribution in [3.63, 3.8) is 0 Å². The van der Waals surface area contributed by atoms with Gasteiger partial charge in [0.1, 0.15) is 5.82 Å². The van der Waals surface area contributed by atoms with Crippen molar-refractivity contribution < 1.29 is 4.79 Å². The lowest BCUT2D eigenvalue weighted by Gasteiger charge is -2.21. The molecule has 2 heterocycles. The summed E-state index contributed by atoms with van der Waals surface area (Å²) in [6, 6.07) is 3.88. The first-order chi connectivity index (χ1) is 8.58. The zero-order chi connectivity index (χ0) is 13.1. The molecular weight excluding hydrogens is 228 g/mol. The van der Waals surface area contributed by atoms with Gasteiger partial charge in [-0.1, -0.05) is 0 Å². The van der Waals surface area contributed by atoms with Crippen LogP contribution in [-0.4, -0.2) is 42.5 Å². The second kappa shape index (κ2) is 5.35. The molecule has 1 aromatic rings. The summed E-state index contributed by atoms with van der Waals surface area (Å²) in [5.41, 5.74) is 6.92. The van der Waals surface area contributed by atoms with Gasteiger partial charge < -0.3 is 15.5 Å². The van der Waals surface area contributed by atoms with Crippen molar-refractivity contribution in [3.8, 4) is 0 Å². The van der Waals surface area contributed by atoms with E-state index in [4.69, 9.17) is 5.73 Å². The van der Waals surface area contributed by atoms with E-state index in [0.29, 0.717) is 6.54 Å². The molecule has 0 bridgehead atoms. The lowest BCUT2D eigenvalue weighted by atomic mass is 10.1. The maximum atomic E-state index is 11.8. The number of aromatic nitrogens is 1. The summed E-state index contributed by atoms with van der Waals surface area (Å²) < 4.78 is 0. The van der Waals surface area contributed by atoms with Gasteiger partial charge in [-0.25, -0.2) is 4.98 Å². The molecule has 98 valence electrons. The molecule has 0 saturated carbocycles. The van der Waals surface area contributed by atoms with E-state index in [2.05, 4.69) is 4.98 Å². The quantitative estimate of drug-likeness (QED) is 0.839. The van der Waals surface area contributed by atoms with Crippen LogP contribution in [0.25, 0.3) is 0 Å². The Morgan fingerprint density at radius 3 is 2.94 bits per heavy atom. The number of nitrogens with zero attached hydrogens (tertiary/aromatic N) is 3. The van der Waals surface area contributed by atoms with E-state index in [-0.39, 0.29) is 11.9 Å². The normalized spacial score (nSPS) is 18.7. The molecule has 1 aliphatic rings. The van der Waals surface area contributed by atoms with Crippen molar-refractivity contribution in [3.05, 3.63) is 23.9 Å². The minimum absolute atomic E-state index is 0.0166. The Morgan fingerprint density at radius 1 is 1.44 bits per heavy atom. The van der Waals surface area contributed by atoms with E-state index in [9.17, 15) is 4.79 Å². The fourth-order valence-electron chi connectivity index (χ4n) is 2.07. The molecule has 1 atom stereocenters. The molecule has 1 aromatic heterocycles. The number of nitrogens with two attached hydrogens (primary N) is 1. The van der Waals surface area contributed by atoms with Crippen molar-refractivity contribution in [1.29, 1.82) is 0 Å². The van der Waals surface area contributed by atoms with Crippen LogP contribution in [0.1, 0.15) is 24.9 Å². The number of carbonyl (C=O) groups is 1. The van der Waals surface area contributed by atoms with Gasteiger partial charge in [0.2, 0.25) is 5.91 Å². The highest BCUT2D eigenvalue weighted by atomic mass is 16.2. The second-order valence-electron chi connectivity index (χ2n) is 4.83. The average Bonchev–Trinajstić information content (AvgIpc) is 2.52. The number of anilines is 1. The van der Waals surface area contributed by atoms with Crippen LogP contribution in [0, 0.1) is 0 Å². The van der Waals surface area contributed by atoms with Crippen LogP contribution in [0.5, 0.6) is 0 Å². The number of rotatable bonds is 2.